The average molecular weight is 419 g/mol. The van der Waals surface area contributed by atoms with E-state index in [2.05, 4.69) is 10.3 Å². The summed E-state index contributed by atoms with van der Waals surface area (Å²) >= 11 is 1.29. The largest absolute Gasteiger partial charge is 0.321 e. The lowest BCUT2D eigenvalue weighted by Gasteiger charge is -2.10. The molecule has 3 aromatic carbocycles. The first-order chi connectivity index (χ1) is 14.5. The monoisotopic (exact) mass is 419 g/mol. The first-order valence-corrected chi connectivity index (χ1v) is 9.77. The Bertz CT molecular complexity index is 1260. The molecule has 0 aliphatic rings. The van der Waals surface area contributed by atoms with Gasteiger partial charge in [-0.25, -0.2) is 9.37 Å². The van der Waals surface area contributed by atoms with Gasteiger partial charge in [-0.05, 0) is 24.3 Å². The van der Waals surface area contributed by atoms with Gasteiger partial charge in [0, 0.05) is 22.6 Å². The molecule has 0 saturated carbocycles. The van der Waals surface area contributed by atoms with Crippen LogP contribution >= 0.6 is 11.3 Å². The van der Waals surface area contributed by atoms with Gasteiger partial charge >= 0.3 is 0 Å². The molecule has 0 bridgehead atoms. The molecule has 1 N–H and O–H groups in total. The third-order valence-corrected chi connectivity index (χ3v) is 5.28. The lowest BCUT2D eigenvalue weighted by Crippen LogP contribution is -2.14. The summed E-state index contributed by atoms with van der Waals surface area (Å²) in [6.07, 6.45) is 0. The number of para-hydroxylation sites is 2. The highest BCUT2D eigenvalue weighted by atomic mass is 32.1. The van der Waals surface area contributed by atoms with Crippen molar-refractivity contribution in [3.8, 4) is 21.8 Å². The van der Waals surface area contributed by atoms with Crippen LogP contribution in [-0.4, -0.2) is 15.8 Å². The number of anilines is 1. The Labute approximate surface area is 174 Å². The molecule has 4 rings (SSSR count). The van der Waals surface area contributed by atoms with E-state index in [9.17, 15) is 19.3 Å². The summed E-state index contributed by atoms with van der Waals surface area (Å²) in [5, 5.41) is 16.2. The molecule has 6 nitrogen and oxygen atoms in total. The SMILES string of the molecule is O=C(Nc1ccccc1-c1csc(-c2ccccc2F)n1)c1ccccc1[N+](=O)[O-]. The van der Waals surface area contributed by atoms with Crippen molar-refractivity contribution in [1.82, 2.24) is 4.98 Å². The van der Waals surface area contributed by atoms with E-state index in [0.29, 0.717) is 27.5 Å². The first kappa shape index (κ1) is 19.4. The molecule has 0 spiro atoms. The van der Waals surface area contributed by atoms with Gasteiger partial charge in [-0.3, -0.25) is 14.9 Å². The summed E-state index contributed by atoms with van der Waals surface area (Å²) in [6.45, 7) is 0. The highest BCUT2D eigenvalue weighted by Gasteiger charge is 2.20. The second-order valence-corrected chi connectivity index (χ2v) is 7.15. The van der Waals surface area contributed by atoms with Crippen LogP contribution in [0.3, 0.4) is 0 Å². The molecule has 30 heavy (non-hydrogen) atoms. The Balaban J connectivity index is 1.67. The summed E-state index contributed by atoms with van der Waals surface area (Å²) in [6, 6.07) is 19.1. The number of rotatable bonds is 5. The van der Waals surface area contributed by atoms with Crippen molar-refractivity contribution in [3.05, 3.63) is 99.7 Å². The quantitative estimate of drug-likeness (QED) is 0.328. The fraction of sp³-hybridized carbons (Fsp3) is 0. The maximum Gasteiger partial charge on any atom is 0.282 e. The predicted molar refractivity (Wildman–Crippen MR) is 114 cm³/mol. The molecule has 8 heteroatoms. The number of carbonyl (C=O) groups is 1. The van der Waals surface area contributed by atoms with Gasteiger partial charge in [0.1, 0.15) is 16.4 Å². The van der Waals surface area contributed by atoms with Crippen LogP contribution < -0.4 is 5.32 Å². The van der Waals surface area contributed by atoms with Crippen LogP contribution in [0.2, 0.25) is 0 Å². The minimum Gasteiger partial charge on any atom is -0.321 e. The molecule has 148 valence electrons. The van der Waals surface area contributed by atoms with E-state index in [4.69, 9.17) is 0 Å². The van der Waals surface area contributed by atoms with Gasteiger partial charge in [0.05, 0.1) is 16.3 Å². The lowest BCUT2D eigenvalue weighted by molar-refractivity contribution is -0.385. The number of nitrogens with zero attached hydrogens (tertiary/aromatic N) is 2. The zero-order chi connectivity index (χ0) is 21.1. The number of carbonyl (C=O) groups excluding carboxylic acids is 1. The minimum atomic E-state index is -0.598. The van der Waals surface area contributed by atoms with Crippen molar-refractivity contribution in [2.75, 3.05) is 5.32 Å². The van der Waals surface area contributed by atoms with Crippen molar-refractivity contribution in [3.63, 3.8) is 0 Å². The third kappa shape index (κ3) is 3.81. The fourth-order valence-electron chi connectivity index (χ4n) is 2.99. The van der Waals surface area contributed by atoms with Crippen LogP contribution in [0, 0.1) is 15.9 Å². The zero-order valence-electron chi connectivity index (χ0n) is 15.4. The molecule has 0 saturated heterocycles. The molecule has 0 aliphatic carbocycles. The summed E-state index contributed by atoms with van der Waals surface area (Å²) in [4.78, 5) is 27.9. The Kier molecular flexibility index (Phi) is 5.32. The maximum atomic E-state index is 14.1. The van der Waals surface area contributed by atoms with E-state index in [1.165, 1.54) is 35.6 Å². The molecule has 0 fully saturated rings. The number of aromatic nitrogens is 1. The van der Waals surface area contributed by atoms with Gasteiger partial charge < -0.3 is 5.32 Å². The number of hydrogen-bond acceptors (Lipinski definition) is 5. The summed E-state index contributed by atoms with van der Waals surface area (Å²) in [5.74, 6) is -0.962. The van der Waals surface area contributed by atoms with E-state index < -0.39 is 10.8 Å². The zero-order valence-corrected chi connectivity index (χ0v) is 16.2. The van der Waals surface area contributed by atoms with Gasteiger partial charge in [0.2, 0.25) is 0 Å². The second kappa shape index (κ2) is 8.22. The number of benzene rings is 3. The Morgan fingerprint density at radius 1 is 0.967 bits per heavy atom. The number of thiazole rings is 1. The van der Waals surface area contributed by atoms with Crippen LogP contribution in [0.1, 0.15) is 10.4 Å². The van der Waals surface area contributed by atoms with Crippen LogP contribution in [-0.2, 0) is 0 Å². The standard InChI is InChI=1S/C22H14FN3O3S/c23-17-10-4-1-7-14(17)22-25-19(13-30-22)15-8-2-5-11-18(15)24-21(27)16-9-3-6-12-20(16)26(28)29/h1-13H,(H,24,27). The Morgan fingerprint density at radius 2 is 1.63 bits per heavy atom. The normalized spacial score (nSPS) is 10.6. The van der Waals surface area contributed by atoms with Crippen molar-refractivity contribution in [2.24, 2.45) is 0 Å². The van der Waals surface area contributed by atoms with E-state index in [1.807, 2.05) is 0 Å². The summed E-state index contributed by atoms with van der Waals surface area (Å²) in [7, 11) is 0. The number of nitrogens with one attached hydrogen (secondary N) is 1. The predicted octanol–water partition coefficient (Wildman–Crippen LogP) is 5.78. The highest BCUT2D eigenvalue weighted by Crippen LogP contribution is 2.34. The molecule has 0 aliphatic heterocycles. The molecule has 1 aromatic heterocycles. The van der Waals surface area contributed by atoms with E-state index in [0.717, 1.165) is 0 Å². The number of halogens is 1. The van der Waals surface area contributed by atoms with Crippen molar-refractivity contribution < 1.29 is 14.1 Å². The van der Waals surface area contributed by atoms with Crippen molar-refractivity contribution >= 4 is 28.6 Å². The summed E-state index contributed by atoms with van der Waals surface area (Å²) < 4.78 is 14.1. The van der Waals surface area contributed by atoms with E-state index in [-0.39, 0.29) is 17.1 Å². The van der Waals surface area contributed by atoms with Gasteiger partial charge in [-0.2, -0.15) is 0 Å². The number of nitro groups is 1. The molecule has 1 heterocycles. The van der Waals surface area contributed by atoms with Crippen molar-refractivity contribution in [1.29, 1.82) is 0 Å². The molecule has 4 aromatic rings. The van der Waals surface area contributed by atoms with Gasteiger partial charge in [0.15, 0.2) is 0 Å². The molecule has 0 unspecified atom stereocenters. The summed E-state index contributed by atoms with van der Waals surface area (Å²) in [5.41, 5.74) is 1.73. The second-order valence-electron chi connectivity index (χ2n) is 6.29. The average Bonchev–Trinajstić information content (AvgIpc) is 3.24. The van der Waals surface area contributed by atoms with Crippen LogP contribution in [0.4, 0.5) is 15.8 Å². The number of nitro benzene ring substituents is 1. The van der Waals surface area contributed by atoms with E-state index >= 15 is 0 Å². The Hall–Kier alpha value is -3.91. The van der Waals surface area contributed by atoms with E-state index in [1.54, 1.807) is 53.9 Å². The number of hydrogen-bond donors (Lipinski definition) is 1. The third-order valence-electron chi connectivity index (χ3n) is 4.41. The molecular formula is C22H14FN3O3S. The highest BCUT2D eigenvalue weighted by molar-refractivity contribution is 7.13. The molecule has 1 amide bonds. The van der Waals surface area contributed by atoms with Gasteiger partial charge in [0.25, 0.3) is 11.6 Å². The first-order valence-electron chi connectivity index (χ1n) is 8.89. The molecule has 0 atom stereocenters. The van der Waals surface area contributed by atoms with Crippen LogP contribution in [0.25, 0.3) is 21.8 Å². The smallest absolute Gasteiger partial charge is 0.282 e. The van der Waals surface area contributed by atoms with Gasteiger partial charge in [-0.1, -0.05) is 42.5 Å². The number of amides is 1. The fourth-order valence-corrected chi connectivity index (χ4v) is 3.83. The van der Waals surface area contributed by atoms with Crippen LogP contribution in [0.15, 0.2) is 78.2 Å². The minimum absolute atomic E-state index is 0.0392. The Morgan fingerprint density at radius 3 is 2.40 bits per heavy atom. The van der Waals surface area contributed by atoms with Crippen molar-refractivity contribution in [2.45, 2.75) is 0 Å². The topological polar surface area (TPSA) is 85.1 Å². The lowest BCUT2D eigenvalue weighted by atomic mass is 10.1. The molecular weight excluding hydrogens is 405 g/mol. The molecule has 0 radical (unpaired) electrons. The van der Waals surface area contributed by atoms with Gasteiger partial charge in [-0.15, -0.1) is 11.3 Å². The maximum absolute atomic E-state index is 14.1. The van der Waals surface area contributed by atoms with Crippen LogP contribution in [0.5, 0.6) is 0 Å².